The van der Waals surface area contributed by atoms with Crippen molar-refractivity contribution in [2.45, 2.75) is 6.43 Å². The minimum Gasteiger partial charge on any atom is -0.317 e. The van der Waals surface area contributed by atoms with Gasteiger partial charge < -0.3 is 4.98 Å². The summed E-state index contributed by atoms with van der Waals surface area (Å²) in [6.45, 7) is 0. The van der Waals surface area contributed by atoms with Crippen LogP contribution < -0.4 is 5.56 Å². The van der Waals surface area contributed by atoms with E-state index in [1.807, 2.05) is 0 Å². The summed E-state index contributed by atoms with van der Waals surface area (Å²) in [7, 11) is 0. The maximum atomic E-state index is 12.3. The Morgan fingerprint density at radius 3 is 2.62 bits per heavy atom. The molecule has 0 aliphatic heterocycles. The van der Waals surface area contributed by atoms with E-state index in [9.17, 15) is 18.4 Å². The van der Waals surface area contributed by atoms with Crippen molar-refractivity contribution in [3.63, 3.8) is 0 Å². The number of hydrogen-bond donors (Lipinski definition) is 1. The molecule has 1 N–H and O–H groups in total. The van der Waals surface area contributed by atoms with Gasteiger partial charge in [-0.15, -0.1) is 0 Å². The van der Waals surface area contributed by atoms with Gasteiger partial charge in [0.15, 0.2) is 6.29 Å². The van der Waals surface area contributed by atoms with Gasteiger partial charge in [-0.1, -0.05) is 0 Å². The largest absolute Gasteiger partial charge is 0.317 e. The third-order valence-electron chi connectivity index (χ3n) is 1.42. The van der Waals surface area contributed by atoms with Gasteiger partial charge in [0, 0.05) is 11.6 Å². The minimum atomic E-state index is -2.81. The van der Waals surface area contributed by atoms with E-state index in [4.69, 9.17) is 0 Å². The Morgan fingerprint density at radius 2 is 2.15 bits per heavy atom. The fourth-order valence-electron chi connectivity index (χ4n) is 0.858. The van der Waals surface area contributed by atoms with Crippen LogP contribution in [0.25, 0.3) is 0 Å². The van der Waals surface area contributed by atoms with Gasteiger partial charge >= 0.3 is 0 Å². The number of carbonyl (C=O) groups excluding carboxylic acids is 1. The molecule has 0 fully saturated rings. The van der Waals surface area contributed by atoms with Crippen LogP contribution in [-0.2, 0) is 0 Å². The number of aromatic amines is 1. The zero-order valence-electron chi connectivity index (χ0n) is 6.18. The van der Waals surface area contributed by atoms with Crippen molar-refractivity contribution in [2.24, 2.45) is 0 Å². The molecule has 1 heterocycles. The first-order valence-electron chi connectivity index (χ1n) is 3.22. The lowest BCUT2D eigenvalue weighted by Gasteiger charge is -2.03. The lowest BCUT2D eigenvalue weighted by Crippen LogP contribution is -2.12. The summed E-state index contributed by atoms with van der Waals surface area (Å²) in [5.41, 5.74) is -1.32. The van der Waals surface area contributed by atoms with Crippen molar-refractivity contribution in [1.29, 1.82) is 0 Å². The Bertz CT molecular complexity index is 389. The minimum absolute atomic E-state index is 0.135. The van der Waals surface area contributed by atoms with Gasteiger partial charge in [0.1, 0.15) is 0 Å². The van der Waals surface area contributed by atoms with E-state index in [1.54, 1.807) is 22.6 Å². The van der Waals surface area contributed by atoms with E-state index in [-0.39, 0.29) is 9.26 Å². The fraction of sp³-hybridized carbons (Fsp3) is 0.143. The Kier molecular flexibility index (Phi) is 3.12. The summed E-state index contributed by atoms with van der Waals surface area (Å²) < 4.78 is 24.7. The van der Waals surface area contributed by atoms with Gasteiger partial charge in [0.2, 0.25) is 5.56 Å². The zero-order valence-corrected chi connectivity index (χ0v) is 8.34. The van der Waals surface area contributed by atoms with Gasteiger partial charge in [-0.2, -0.15) is 0 Å². The van der Waals surface area contributed by atoms with E-state index in [2.05, 4.69) is 4.98 Å². The number of hydrogen-bond acceptors (Lipinski definition) is 2. The number of alkyl halides is 2. The van der Waals surface area contributed by atoms with Gasteiger partial charge in [0.05, 0.1) is 9.26 Å². The summed E-state index contributed by atoms with van der Waals surface area (Å²) in [5.74, 6) is 0. The molecule has 0 saturated heterocycles. The van der Waals surface area contributed by atoms with Crippen LogP contribution in [0.1, 0.15) is 22.3 Å². The monoisotopic (exact) mass is 299 g/mol. The highest BCUT2D eigenvalue weighted by Crippen LogP contribution is 2.22. The summed E-state index contributed by atoms with van der Waals surface area (Å²) in [6.07, 6.45) is -2.50. The first-order chi connectivity index (χ1) is 6.06. The van der Waals surface area contributed by atoms with E-state index in [0.29, 0.717) is 6.29 Å². The summed E-state index contributed by atoms with van der Waals surface area (Å²) in [5, 5.41) is 0. The normalized spacial score (nSPS) is 10.5. The molecule has 3 nitrogen and oxygen atoms in total. The molecule has 0 atom stereocenters. The molecule has 0 spiro atoms. The second-order valence-electron chi connectivity index (χ2n) is 2.24. The standard InChI is InChI=1S/C7H4F2INO2/c8-6(9)3-1-5(13)11-7(10)4(3)2-12/h1-2,6H,(H,11,13). The molecular weight excluding hydrogens is 295 g/mol. The highest BCUT2D eigenvalue weighted by Gasteiger charge is 2.16. The molecule has 0 saturated carbocycles. The molecule has 0 aliphatic rings. The predicted octanol–water partition coefficient (Wildman–Crippen LogP) is 1.73. The molecular formula is C7H4F2INO2. The van der Waals surface area contributed by atoms with E-state index in [0.717, 1.165) is 6.07 Å². The van der Waals surface area contributed by atoms with Crippen molar-refractivity contribution >= 4 is 28.9 Å². The van der Waals surface area contributed by atoms with E-state index >= 15 is 0 Å². The number of halogens is 3. The maximum absolute atomic E-state index is 12.3. The molecule has 6 heteroatoms. The highest BCUT2D eigenvalue weighted by molar-refractivity contribution is 14.1. The van der Waals surface area contributed by atoms with Crippen molar-refractivity contribution in [2.75, 3.05) is 0 Å². The van der Waals surface area contributed by atoms with Crippen molar-refractivity contribution in [3.05, 3.63) is 31.2 Å². The summed E-state index contributed by atoms with van der Waals surface area (Å²) in [6, 6.07) is 0.733. The highest BCUT2D eigenvalue weighted by atomic mass is 127. The molecule has 0 radical (unpaired) electrons. The lowest BCUT2D eigenvalue weighted by atomic mass is 10.2. The van der Waals surface area contributed by atoms with Crippen molar-refractivity contribution in [3.8, 4) is 0 Å². The molecule has 13 heavy (non-hydrogen) atoms. The van der Waals surface area contributed by atoms with Crippen LogP contribution in [-0.4, -0.2) is 11.3 Å². The lowest BCUT2D eigenvalue weighted by molar-refractivity contribution is 0.110. The van der Waals surface area contributed by atoms with Gasteiger partial charge in [-0.3, -0.25) is 9.59 Å². The van der Waals surface area contributed by atoms with Crippen LogP contribution in [0.3, 0.4) is 0 Å². The topological polar surface area (TPSA) is 49.9 Å². The molecule has 70 valence electrons. The van der Waals surface area contributed by atoms with Gasteiger partial charge in [-0.05, 0) is 22.6 Å². The second-order valence-corrected chi connectivity index (χ2v) is 3.31. The van der Waals surface area contributed by atoms with Crippen LogP contribution >= 0.6 is 22.6 Å². The Balaban J connectivity index is 3.47. The SMILES string of the molecule is O=Cc1c(C(F)F)cc(=O)[nH]c1I. The van der Waals surface area contributed by atoms with Crippen LogP contribution in [0.2, 0.25) is 0 Å². The average Bonchev–Trinajstić information content (AvgIpc) is 2.02. The van der Waals surface area contributed by atoms with Crippen LogP contribution in [0, 0.1) is 3.70 Å². The predicted molar refractivity (Wildman–Crippen MR) is 50.1 cm³/mol. The van der Waals surface area contributed by atoms with Crippen LogP contribution in [0.4, 0.5) is 8.78 Å². The summed E-state index contributed by atoms with van der Waals surface area (Å²) in [4.78, 5) is 23.4. The van der Waals surface area contributed by atoms with E-state index < -0.39 is 17.5 Å². The number of nitrogens with one attached hydrogen (secondary N) is 1. The molecule has 0 unspecified atom stereocenters. The first-order valence-corrected chi connectivity index (χ1v) is 4.30. The number of H-pyrrole nitrogens is 1. The number of carbonyl (C=O) groups is 1. The number of pyridine rings is 1. The quantitative estimate of drug-likeness (QED) is 0.513. The molecule has 1 rings (SSSR count). The Morgan fingerprint density at radius 1 is 1.54 bits per heavy atom. The first kappa shape index (κ1) is 10.3. The average molecular weight is 299 g/mol. The smallest absolute Gasteiger partial charge is 0.264 e. The van der Waals surface area contributed by atoms with E-state index in [1.165, 1.54) is 0 Å². The van der Waals surface area contributed by atoms with Gasteiger partial charge in [0.25, 0.3) is 6.43 Å². The third-order valence-corrected chi connectivity index (χ3v) is 2.27. The summed E-state index contributed by atoms with van der Waals surface area (Å²) >= 11 is 1.62. The zero-order chi connectivity index (χ0) is 10.0. The van der Waals surface area contributed by atoms with Crippen LogP contribution in [0.5, 0.6) is 0 Å². The van der Waals surface area contributed by atoms with Crippen molar-refractivity contribution < 1.29 is 13.6 Å². The Labute approximate surface area is 85.3 Å². The third kappa shape index (κ3) is 2.11. The number of aldehydes is 1. The Hall–Kier alpha value is -0.790. The van der Waals surface area contributed by atoms with Gasteiger partial charge in [-0.25, -0.2) is 8.78 Å². The maximum Gasteiger partial charge on any atom is 0.264 e. The van der Waals surface area contributed by atoms with Crippen molar-refractivity contribution in [1.82, 2.24) is 4.98 Å². The molecule has 0 aliphatic carbocycles. The number of aromatic nitrogens is 1. The van der Waals surface area contributed by atoms with Crippen LogP contribution in [0.15, 0.2) is 10.9 Å². The second kappa shape index (κ2) is 3.95. The molecule has 1 aromatic rings. The fourth-order valence-corrected chi connectivity index (χ4v) is 1.56. The number of rotatable bonds is 2. The molecule has 0 aromatic carbocycles. The molecule has 0 bridgehead atoms. The molecule has 1 aromatic heterocycles. The molecule has 0 amide bonds.